The highest BCUT2D eigenvalue weighted by Crippen LogP contribution is 2.22. The van der Waals surface area contributed by atoms with Crippen LogP contribution in [0.15, 0.2) is 71.8 Å². The van der Waals surface area contributed by atoms with E-state index in [-0.39, 0.29) is 12.5 Å². The number of anilines is 1. The van der Waals surface area contributed by atoms with Crippen LogP contribution in [0.2, 0.25) is 0 Å². The number of carboxylic acid groups (broad SMARTS) is 1. The zero-order chi connectivity index (χ0) is 19.8. The second-order valence-electron chi connectivity index (χ2n) is 5.89. The maximum Gasteiger partial charge on any atom is 0.341 e. The molecule has 0 radical (unpaired) electrons. The number of ether oxygens (including phenoxy) is 1. The predicted molar refractivity (Wildman–Crippen MR) is 108 cm³/mol. The van der Waals surface area contributed by atoms with Crippen LogP contribution in [0.1, 0.15) is 5.56 Å². The van der Waals surface area contributed by atoms with Crippen molar-refractivity contribution < 1.29 is 19.4 Å². The Balaban J connectivity index is 1.56. The van der Waals surface area contributed by atoms with Crippen LogP contribution in [-0.2, 0) is 9.59 Å². The van der Waals surface area contributed by atoms with Crippen LogP contribution in [0.4, 0.5) is 5.69 Å². The number of benzene rings is 3. The first-order chi connectivity index (χ1) is 13.6. The minimum Gasteiger partial charge on any atom is -0.481 e. The minimum atomic E-state index is -1.07. The number of amides is 1. The number of carbonyl (C=O) groups is 2. The Morgan fingerprint density at radius 2 is 1.75 bits per heavy atom. The normalized spacial score (nSPS) is 10.7. The first-order valence-electron chi connectivity index (χ1n) is 8.60. The highest BCUT2D eigenvalue weighted by atomic mass is 16.5. The van der Waals surface area contributed by atoms with E-state index < -0.39 is 12.6 Å². The molecule has 3 rings (SSSR count). The van der Waals surface area contributed by atoms with Crippen molar-refractivity contribution in [3.05, 3.63) is 72.3 Å². The van der Waals surface area contributed by atoms with Crippen LogP contribution in [0.5, 0.6) is 5.75 Å². The van der Waals surface area contributed by atoms with E-state index in [1.54, 1.807) is 24.3 Å². The molecular formula is C21H19N3O4. The molecule has 0 spiro atoms. The fourth-order valence-electron chi connectivity index (χ4n) is 2.63. The topological polar surface area (TPSA) is 100 Å². The summed E-state index contributed by atoms with van der Waals surface area (Å²) >= 11 is 0. The summed E-state index contributed by atoms with van der Waals surface area (Å²) in [5.41, 5.74) is 3.86. The molecule has 0 fully saturated rings. The van der Waals surface area contributed by atoms with E-state index in [0.29, 0.717) is 11.3 Å². The van der Waals surface area contributed by atoms with Gasteiger partial charge in [-0.05, 0) is 23.6 Å². The third-order valence-corrected chi connectivity index (χ3v) is 3.89. The number of nitrogens with one attached hydrogen (secondary N) is 2. The van der Waals surface area contributed by atoms with Gasteiger partial charge in [0, 0.05) is 16.6 Å². The zero-order valence-corrected chi connectivity index (χ0v) is 15.0. The average molecular weight is 377 g/mol. The first-order valence-corrected chi connectivity index (χ1v) is 8.60. The summed E-state index contributed by atoms with van der Waals surface area (Å²) in [5.74, 6) is -1.01. The van der Waals surface area contributed by atoms with Crippen LogP contribution in [-0.4, -0.2) is 36.3 Å². The molecule has 3 aromatic rings. The van der Waals surface area contributed by atoms with E-state index in [1.165, 1.54) is 6.21 Å². The minimum absolute atomic E-state index is 0.0580. The summed E-state index contributed by atoms with van der Waals surface area (Å²) < 4.78 is 5.19. The van der Waals surface area contributed by atoms with Gasteiger partial charge < -0.3 is 15.2 Å². The Hall–Kier alpha value is -3.87. The number of carbonyl (C=O) groups excluding carboxylic acids is 1. The molecule has 3 aromatic carbocycles. The third kappa shape index (κ3) is 5.07. The molecule has 0 aliphatic carbocycles. The molecule has 0 aliphatic rings. The maximum absolute atomic E-state index is 12.0. The molecule has 1 amide bonds. The lowest BCUT2D eigenvalue weighted by atomic mass is 10.1. The smallest absolute Gasteiger partial charge is 0.341 e. The highest BCUT2D eigenvalue weighted by molar-refractivity contribution is 5.95. The Morgan fingerprint density at radius 1 is 1.00 bits per heavy atom. The molecule has 0 saturated carbocycles. The molecule has 3 N–H and O–H groups in total. The highest BCUT2D eigenvalue weighted by Gasteiger charge is 2.05. The van der Waals surface area contributed by atoms with Gasteiger partial charge >= 0.3 is 5.97 Å². The SMILES string of the molecule is O=C(O)COc1ccccc1/C=N/NC(=O)CNc1cccc2ccccc12. The Labute approximate surface area is 161 Å². The predicted octanol–water partition coefficient (Wildman–Crippen LogP) is 2.87. The molecule has 7 nitrogen and oxygen atoms in total. The molecule has 0 aliphatic heterocycles. The van der Waals surface area contributed by atoms with Crippen molar-refractivity contribution in [2.45, 2.75) is 0 Å². The third-order valence-electron chi connectivity index (χ3n) is 3.89. The van der Waals surface area contributed by atoms with Crippen molar-refractivity contribution in [1.29, 1.82) is 0 Å². The number of hydrazone groups is 1. The van der Waals surface area contributed by atoms with Crippen molar-refractivity contribution in [2.75, 3.05) is 18.5 Å². The molecule has 7 heteroatoms. The fourth-order valence-corrected chi connectivity index (χ4v) is 2.63. The number of para-hydroxylation sites is 1. The van der Waals surface area contributed by atoms with Crippen LogP contribution in [0.3, 0.4) is 0 Å². The number of carboxylic acids is 1. The number of fused-ring (bicyclic) bond motifs is 1. The van der Waals surface area contributed by atoms with Gasteiger partial charge in [-0.1, -0.05) is 48.5 Å². The molecule has 0 bridgehead atoms. The first kappa shape index (κ1) is 18.9. The molecule has 0 atom stereocenters. The van der Waals surface area contributed by atoms with E-state index in [4.69, 9.17) is 9.84 Å². The molecule has 28 heavy (non-hydrogen) atoms. The summed E-state index contributed by atoms with van der Waals surface area (Å²) in [4.78, 5) is 22.7. The average Bonchev–Trinajstić information content (AvgIpc) is 2.71. The lowest BCUT2D eigenvalue weighted by molar-refractivity contribution is -0.139. The molecular weight excluding hydrogens is 358 g/mol. The summed E-state index contributed by atoms with van der Waals surface area (Å²) in [6.45, 7) is -0.394. The van der Waals surface area contributed by atoms with Gasteiger partial charge in [-0.3, -0.25) is 4.79 Å². The van der Waals surface area contributed by atoms with E-state index in [2.05, 4.69) is 15.8 Å². The quantitative estimate of drug-likeness (QED) is 0.414. The van der Waals surface area contributed by atoms with Gasteiger partial charge in [0.05, 0.1) is 12.8 Å². The number of hydrogen-bond donors (Lipinski definition) is 3. The van der Waals surface area contributed by atoms with Crippen LogP contribution in [0.25, 0.3) is 10.8 Å². The molecule has 0 heterocycles. The van der Waals surface area contributed by atoms with E-state index in [1.807, 2.05) is 42.5 Å². The second-order valence-corrected chi connectivity index (χ2v) is 5.89. The largest absolute Gasteiger partial charge is 0.481 e. The molecule has 0 aromatic heterocycles. The van der Waals surface area contributed by atoms with Crippen molar-refractivity contribution in [1.82, 2.24) is 5.43 Å². The molecule has 142 valence electrons. The van der Waals surface area contributed by atoms with Crippen molar-refractivity contribution in [3.63, 3.8) is 0 Å². The molecule has 0 saturated heterocycles. The van der Waals surface area contributed by atoms with Crippen molar-refractivity contribution in [2.24, 2.45) is 5.10 Å². The summed E-state index contributed by atoms with van der Waals surface area (Å²) in [7, 11) is 0. The maximum atomic E-state index is 12.0. The summed E-state index contributed by atoms with van der Waals surface area (Å²) in [6.07, 6.45) is 1.41. The van der Waals surface area contributed by atoms with Gasteiger partial charge in [-0.25, -0.2) is 10.2 Å². The van der Waals surface area contributed by atoms with Crippen molar-refractivity contribution in [3.8, 4) is 5.75 Å². The van der Waals surface area contributed by atoms with Crippen LogP contribution in [0, 0.1) is 0 Å². The van der Waals surface area contributed by atoms with Crippen LogP contribution < -0.4 is 15.5 Å². The number of nitrogens with zero attached hydrogens (tertiary/aromatic N) is 1. The monoisotopic (exact) mass is 377 g/mol. The number of aliphatic carboxylic acids is 1. The van der Waals surface area contributed by atoms with Crippen LogP contribution >= 0.6 is 0 Å². The van der Waals surface area contributed by atoms with Gasteiger partial charge in [-0.2, -0.15) is 5.10 Å². The Bertz CT molecular complexity index is 1010. The van der Waals surface area contributed by atoms with E-state index in [9.17, 15) is 9.59 Å². The van der Waals surface area contributed by atoms with Gasteiger partial charge in [0.25, 0.3) is 5.91 Å². The summed E-state index contributed by atoms with van der Waals surface area (Å²) in [6, 6.07) is 20.6. The van der Waals surface area contributed by atoms with E-state index in [0.717, 1.165) is 16.5 Å². The van der Waals surface area contributed by atoms with Gasteiger partial charge in [0.15, 0.2) is 6.61 Å². The standard InChI is InChI=1S/C21H19N3O4/c25-20(13-22-18-10-5-8-15-6-1-3-9-17(15)18)24-23-12-16-7-2-4-11-19(16)28-14-21(26)27/h1-12,22H,13-14H2,(H,24,25)(H,26,27)/b23-12+. The fraction of sp³-hybridized carbons (Fsp3) is 0.0952. The van der Waals surface area contributed by atoms with E-state index >= 15 is 0 Å². The lowest BCUT2D eigenvalue weighted by Crippen LogP contribution is -2.26. The Morgan fingerprint density at radius 3 is 2.61 bits per heavy atom. The molecule has 0 unspecified atom stereocenters. The van der Waals surface area contributed by atoms with Crippen molar-refractivity contribution >= 4 is 34.6 Å². The summed E-state index contributed by atoms with van der Waals surface area (Å²) in [5, 5.41) is 17.8. The second kappa shape index (κ2) is 9.18. The van der Waals surface area contributed by atoms with Gasteiger partial charge in [0.2, 0.25) is 0 Å². The number of rotatable bonds is 8. The van der Waals surface area contributed by atoms with Gasteiger partial charge in [0.1, 0.15) is 5.75 Å². The van der Waals surface area contributed by atoms with Gasteiger partial charge in [-0.15, -0.1) is 0 Å². The lowest BCUT2D eigenvalue weighted by Gasteiger charge is -2.09. The number of hydrogen-bond acceptors (Lipinski definition) is 5. The Kier molecular flexibility index (Phi) is 6.20. The zero-order valence-electron chi connectivity index (χ0n) is 15.0.